The summed E-state index contributed by atoms with van der Waals surface area (Å²) in [6.07, 6.45) is 1.82. The second-order valence-electron chi connectivity index (χ2n) is 7.65. The number of amides is 1. The molecule has 2 N–H and O–H groups in total. The zero-order valence-corrected chi connectivity index (χ0v) is 19.3. The summed E-state index contributed by atoms with van der Waals surface area (Å²) >= 11 is 11.8. The SMILES string of the molecule is O=C(COc1ccc(Cl)c(Cl)c1)N[Si]1CC[C@H](c2nnc(C3CC(OC(F)F)C3)o2)NC1. The molecule has 2 fully saturated rings. The van der Waals surface area contributed by atoms with Crippen molar-refractivity contribution in [3.8, 4) is 5.75 Å². The van der Waals surface area contributed by atoms with Crippen molar-refractivity contribution in [2.45, 2.75) is 50.0 Å². The van der Waals surface area contributed by atoms with E-state index < -0.39 is 21.7 Å². The first-order valence-corrected chi connectivity index (χ1v) is 12.8. The Bertz CT molecular complexity index is 940. The lowest BCUT2D eigenvalue weighted by molar-refractivity contribution is -0.185. The zero-order valence-electron chi connectivity index (χ0n) is 16.8. The molecule has 1 aromatic carbocycles. The smallest absolute Gasteiger partial charge is 0.345 e. The number of alkyl halides is 2. The van der Waals surface area contributed by atoms with Crippen molar-refractivity contribution in [3.63, 3.8) is 0 Å². The summed E-state index contributed by atoms with van der Waals surface area (Å²) in [6.45, 7) is -2.87. The number of ether oxygens (including phenoxy) is 2. The topological polar surface area (TPSA) is 98.5 Å². The minimum atomic E-state index is -2.76. The molecule has 2 heterocycles. The van der Waals surface area contributed by atoms with Crippen molar-refractivity contribution in [2.75, 3.05) is 12.8 Å². The monoisotopic (exact) mass is 505 g/mol. The molecule has 0 unspecified atom stereocenters. The van der Waals surface area contributed by atoms with E-state index in [9.17, 15) is 13.6 Å². The Morgan fingerprint density at radius 2 is 2.06 bits per heavy atom. The number of aromatic nitrogens is 2. The Morgan fingerprint density at radius 1 is 1.28 bits per heavy atom. The van der Waals surface area contributed by atoms with E-state index in [4.69, 9.17) is 32.4 Å². The molecule has 1 saturated carbocycles. The third kappa shape index (κ3) is 5.96. The molecule has 2 aliphatic rings. The van der Waals surface area contributed by atoms with Gasteiger partial charge in [0, 0.05) is 18.2 Å². The molecule has 0 spiro atoms. The summed E-state index contributed by atoms with van der Waals surface area (Å²) in [6, 6.07) is 5.55. The predicted molar refractivity (Wildman–Crippen MR) is 113 cm³/mol. The molecule has 1 radical (unpaired) electrons. The fraction of sp³-hybridized carbons (Fsp3) is 0.526. The van der Waals surface area contributed by atoms with Crippen LogP contribution in [-0.2, 0) is 9.53 Å². The van der Waals surface area contributed by atoms with Crippen LogP contribution in [0.5, 0.6) is 5.75 Å². The summed E-state index contributed by atoms with van der Waals surface area (Å²) in [7, 11) is -1.14. The summed E-state index contributed by atoms with van der Waals surface area (Å²) in [5.74, 6) is 1.17. The lowest BCUT2D eigenvalue weighted by atomic mass is 9.82. The maximum Gasteiger partial charge on any atom is 0.345 e. The fourth-order valence-corrected chi connectivity index (χ4v) is 5.87. The van der Waals surface area contributed by atoms with Crippen LogP contribution >= 0.6 is 23.2 Å². The average Bonchev–Trinajstić information content (AvgIpc) is 3.21. The maximum absolute atomic E-state index is 12.2. The number of carbonyl (C=O) groups is 1. The molecule has 4 rings (SSSR count). The molecule has 0 bridgehead atoms. The van der Waals surface area contributed by atoms with Crippen LogP contribution in [0.25, 0.3) is 0 Å². The van der Waals surface area contributed by atoms with Gasteiger partial charge in [0.1, 0.15) is 5.75 Å². The van der Waals surface area contributed by atoms with Crippen molar-refractivity contribution >= 4 is 38.1 Å². The minimum Gasteiger partial charge on any atom is -0.484 e. The van der Waals surface area contributed by atoms with Crippen molar-refractivity contribution in [1.82, 2.24) is 20.5 Å². The first-order chi connectivity index (χ1) is 15.4. The Labute approximate surface area is 194 Å². The van der Waals surface area contributed by atoms with Gasteiger partial charge in [-0.15, -0.1) is 10.2 Å². The third-order valence-electron chi connectivity index (χ3n) is 5.37. The highest BCUT2D eigenvalue weighted by Crippen LogP contribution is 2.39. The van der Waals surface area contributed by atoms with Crippen LogP contribution in [0.15, 0.2) is 22.6 Å². The van der Waals surface area contributed by atoms with Gasteiger partial charge in [0.25, 0.3) is 0 Å². The molecule has 1 saturated heterocycles. The number of rotatable bonds is 8. The van der Waals surface area contributed by atoms with Gasteiger partial charge in [0.15, 0.2) is 15.6 Å². The number of nitrogens with one attached hydrogen (secondary N) is 2. The second kappa shape index (κ2) is 10.4. The standard InChI is InChI=1S/C19H21Cl2F2N4O4Si/c20-13-2-1-11(7-14(13)21)29-8-16(28)27-32-4-3-15(24-9-32)18-26-25-17(31-18)10-5-12(6-10)30-19(22)23/h1-2,7,10,12,15,19,24H,3-6,8-9H2,(H,27,28)/t10?,12?,15-/m1/s1. The van der Waals surface area contributed by atoms with Crippen molar-refractivity contribution < 1.29 is 27.5 Å². The molecule has 1 aliphatic heterocycles. The summed E-state index contributed by atoms with van der Waals surface area (Å²) < 4.78 is 40.1. The number of hydrogen-bond acceptors (Lipinski definition) is 7. The van der Waals surface area contributed by atoms with Crippen molar-refractivity contribution in [1.29, 1.82) is 0 Å². The third-order valence-corrected chi connectivity index (χ3v) is 8.26. The fourth-order valence-electron chi connectivity index (χ4n) is 3.60. The molecular formula is C19H21Cl2F2N4O4Si. The predicted octanol–water partition coefficient (Wildman–Crippen LogP) is 3.62. The molecule has 173 valence electrons. The van der Waals surface area contributed by atoms with E-state index in [0.717, 1.165) is 12.5 Å². The van der Waals surface area contributed by atoms with Crippen LogP contribution in [0.4, 0.5) is 8.78 Å². The Kier molecular flexibility index (Phi) is 7.61. The highest BCUT2D eigenvalue weighted by molar-refractivity contribution is 6.59. The maximum atomic E-state index is 12.2. The van der Waals surface area contributed by atoms with Gasteiger partial charge in [0.2, 0.25) is 17.7 Å². The molecule has 13 heteroatoms. The van der Waals surface area contributed by atoms with Gasteiger partial charge in [-0.2, -0.15) is 8.78 Å². The van der Waals surface area contributed by atoms with Gasteiger partial charge in [-0.25, -0.2) is 0 Å². The summed E-state index contributed by atoms with van der Waals surface area (Å²) in [5.41, 5.74) is 0. The van der Waals surface area contributed by atoms with Crippen LogP contribution in [-0.4, -0.2) is 50.6 Å². The Balaban J connectivity index is 1.18. The molecule has 32 heavy (non-hydrogen) atoms. The minimum absolute atomic E-state index is 0.0435. The number of benzene rings is 1. The van der Waals surface area contributed by atoms with Crippen molar-refractivity contribution in [3.05, 3.63) is 40.0 Å². The van der Waals surface area contributed by atoms with Crippen LogP contribution in [0.3, 0.4) is 0 Å². The van der Waals surface area contributed by atoms with E-state index in [1.54, 1.807) is 18.2 Å². The summed E-state index contributed by atoms with van der Waals surface area (Å²) in [5, 5.41) is 12.3. The number of nitrogens with zero attached hydrogens (tertiary/aromatic N) is 2. The normalized spacial score (nSPS) is 23.7. The van der Waals surface area contributed by atoms with Gasteiger partial charge < -0.3 is 24.2 Å². The first kappa shape index (κ1) is 23.4. The van der Waals surface area contributed by atoms with Crippen LogP contribution in [0, 0.1) is 0 Å². The molecular weight excluding hydrogens is 485 g/mol. The quantitative estimate of drug-likeness (QED) is 0.528. The molecule has 1 aromatic heterocycles. The van der Waals surface area contributed by atoms with Crippen LogP contribution < -0.4 is 15.0 Å². The van der Waals surface area contributed by atoms with E-state index in [2.05, 4.69) is 25.2 Å². The highest BCUT2D eigenvalue weighted by Gasteiger charge is 2.37. The zero-order chi connectivity index (χ0) is 22.7. The van der Waals surface area contributed by atoms with Gasteiger partial charge in [0.05, 0.1) is 22.2 Å². The second-order valence-corrected chi connectivity index (χ2v) is 10.8. The molecule has 1 aliphatic carbocycles. The number of hydrogen-bond donors (Lipinski definition) is 2. The van der Waals surface area contributed by atoms with Gasteiger partial charge >= 0.3 is 6.61 Å². The lowest BCUT2D eigenvalue weighted by Gasteiger charge is -2.32. The largest absolute Gasteiger partial charge is 0.484 e. The van der Waals surface area contributed by atoms with Crippen LogP contribution in [0.2, 0.25) is 16.1 Å². The number of halogens is 4. The van der Waals surface area contributed by atoms with E-state index in [-0.39, 0.29) is 24.5 Å². The van der Waals surface area contributed by atoms with E-state index in [1.807, 2.05) is 0 Å². The molecule has 8 nitrogen and oxygen atoms in total. The van der Waals surface area contributed by atoms with Crippen molar-refractivity contribution in [2.24, 2.45) is 0 Å². The lowest BCUT2D eigenvalue weighted by Crippen LogP contribution is -2.51. The highest BCUT2D eigenvalue weighted by atomic mass is 35.5. The van der Waals surface area contributed by atoms with Gasteiger partial charge in [-0.1, -0.05) is 23.2 Å². The van der Waals surface area contributed by atoms with E-state index in [1.165, 1.54) is 0 Å². The number of carbonyl (C=O) groups excluding carboxylic acids is 1. The molecule has 1 amide bonds. The van der Waals surface area contributed by atoms with E-state index >= 15 is 0 Å². The van der Waals surface area contributed by atoms with E-state index in [0.29, 0.717) is 46.6 Å². The average molecular weight is 506 g/mol. The Morgan fingerprint density at radius 3 is 2.75 bits per heavy atom. The van der Waals surface area contributed by atoms with Gasteiger partial charge in [-0.05, 0) is 37.4 Å². The summed E-state index contributed by atoms with van der Waals surface area (Å²) in [4.78, 5) is 15.2. The Hall–Kier alpha value is -1.79. The molecule has 2 aromatic rings. The van der Waals surface area contributed by atoms with Gasteiger partial charge in [-0.3, -0.25) is 4.79 Å². The van der Waals surface area contributed by atoms with Crippen LogP contribution in [0.1, 0.15) is 43.0 Å². The molecule has 1 atom stereocenters. The first-order valence-electron chi connectivity index (χ1n) is 10.1.